The number of piperazine rings is 1. The van der Waals surface area contributed by atoms with Gasteiger partial charge in [-0.1, -0.05) is 0 Å². The Kier molecular flexibility index (Phi) is 3.62. The monoisotopic (exact) mass is 261 g/mol. The Morgan fingerprint density at radius 1 is 1.11 bits per heavy atom. The summed E-state index contributed by atoms with van der Waals surface area (Å²) >= 11 is 0. The first-order valence-corrected chi connectivity index (χ1v) is 7.12. The quantitative estimate of drug-likeness (QED) is 0.893. The van der Waals surface area contributed by atoms with Crippen molar-refractivity contribution in [2.45, 2.75) is 13.0 Å². The Morgan fingerprint density at radius 3 is 2.42 bits per heavy atom. The van der Waals surface area contributed by atoms with Crippen LogP contribution < -0.4 is 10.2 Å². The van der Waals surface area contributed by atoms with Gasteiger partial charge in [0.2, 0.25) is 0 Å². The van der Waals surface area contributed by atoms with E-state index in [9.17, 15) is 0 Å². The molecule has 0 atom stereocenters. The molecule has 2 saturated heterocycles. The maximum absolute atomic E-state index is 5.28. The second-order valence-corrected chi connectivity index (χ2v) is 5.52. The molecule has 1 N–H and O–H groups in total. The second-order valence-electron chi connectivity index (χ2n) is 5.52. The smallest absolute Gasteiger partial charge is 0.0645 e. The highest BCUT2D eigenvalue weighted by Crippen LogP contribution is 2.24. The summed E-state index contributed by atoms with van der Waals surface area (Å²) in [7, 11) is 1.98. The molecule has 0 aromatic heterocycles. The molecular formula is C15H23N3O. The zero-order chi connectivity index (χ0) is 13.2. The standard InChI is InChI=1S/C15H23N3O/c1-12-7-13(16-2)9-14(8-12)17-3-5-18(6-4-17)15-10-19-11-15/h7-9,15-16H,3-6,10-11H2,1-2H3. The summed E-state index contributed by atoms with van der Waals surface area (Å²) in [6.45, 7) is 8.54. The van der Waals surface area contributed by atoms with Crippen LogP contribution in [0, 0.1) is 6.92 Å². The van der Waals surface area contributed by atoms with Crippen LogP contribution in [0.15, 0.2) is 18.2 Å². The highest BCUT2D eigenvalue weighted by atomic mass is 16.5. The van der Waals surface area contributed by atoms with E-state index in [4.69, 9.17) is 4.74 Å². The number of rotatable bonds is 3. The Labute approximate surface area is 115 Å². The van der Waals surface area contributed by atoms with Gasteiger partial charge in [0.05, 0.1) is 19.3 Å². The predicted molar refractivity (Wildman–Crippen MR) is 79.1 cm³/mol. The van der Waals surface area contributed by atoms with Gasteiger partial charge >= 0.3 is 0 Å². The molecule has 0 aliphatic carbocycles. The molecule has 1 aromatic rings. The lowest BCUT2D eigenvalue weighted by Crippen LogP contribution is -2.56. The van der Waals surface area contributed by atoms with Crippen molar-refractivity contribution in [3.8, 4) is 0 Å². The first-order valence-electron chi connectivity index (χ1n) is 7.12. The molecule has 3 rings (SSSR count). The fraction of sp³-hybridized carbons (Fsp3) is 0.600. The van der Waals surface area contributed by atoms with Crippen molar-refractivity contribution in [2.24, 2.45) is 0 Å². The van der Waals surface area contributed by atoms with Crippen molar-refractivity contribution in [3.63, 3.8) is 0 Å². The Bertz CT molecular complexity index is 437. The minimum atomic E-state index is 0.674. The topological polar surface area (TPSA) is 27.7 Å². The SMILES string of the molecule is CNc1cc(C)cc(N2CCN(C3COC3)CC2)c1. The van der Waals surface area contributed by atoms with E-state index >= 15 is 0 Å². The van der Waals surface area contributed by atoms with E-state index < -0.39 is 0 Å². The van der Waals surface area contributed by atoms with E-state index in [1.807, 2.05) is 7.05 Å². The molecule has 4 nitrogen and oxygen atoms in total. The lowest BCUT2D eigenvalue weighted by molar-refractivity contribution is -0.0660. The van der Waals surface area contributed by atoms with Crippen LogP contribution in [-0.2, 0) is 4.74 Å². The van der Waals surface area contributed by atoms with E-state index in [1.54, 1.807) is 0 Å². The Hall–Kier alpha value is -1.26. The summed E-state index contributed by atoms with van der Waals surface area (Å²) in [6, 6.07) is 7.39. The van der Waals surface area contributed by atoms with Crippen LogP contribution in [-0.4, -0.2) is 57.4 Å². The van der Waals surface area contributed by atoms with Crippen molar-refractivity contribution in [3.05, 3.63) is 23.8 Å². The molecule has 0 bridgehead atoms. The molecule has 2 heterocycles. The molecule has 19 heavy (non-hydrogen) atoms. The number of aryl methyl sites for hydroxylation is 1. The number of hydrogen-bond donors (Lipinski definition) is 1. The largest absolute Gasteiger partial charge is 0.388 e. The van der Waals surface area contributed by atoms with Gasteiger partial charge in [-0.2, -0.15) is 0 Å². The highest BCUT2D eigenvalue weighted by molar-refractivity contribution is 5.60. The third-order valence-electron chi connectivity index (χ3n) is 4.17. The highest BCUT2D eigenvalue weighted by Gasteiger charge is 2.28. The average molecular weight is 261 g/mol. The molecule has 1 aromatic carbocycles. The number of ether oxygens (including phenoxy) is 1. The molecule has 4 heteroatoms. The Balaban J connectivity index is 1.65. The van der Waals surface area contributed by atoms with Crippen LogP contribution in [0.5, 0.6) is 0 Å². The average Bonchev–Trinajstić information content (AvgIpc) is 2.37. The third-order valence-corrected chi connectivity index (χ3v) is 4.17. The molecule has 2 aliphatic rings. The van der Waals surface area contributed by atoms with E-state index in [1.165, 1.54) is 16.9 Å². The van der Waals surface area contributed by atoms with Crippen LogP contribution in [0.25, 0.3) is 0 Å². The van der Waals surface area contributed by atoms with Gasteiger partial charge in [0, 0.05) is 44.6 Å². The molecule has 0 amide bonds. The third kappa shape index (κ3) is 2.69. The lowest BCUT2D eigenvalue weighted by Gasteiger charge is -2.43. The number of nitrogens with zero attached hydrogens (tertiary/aromatic N) is 2. The molecule has 104 valence electrons. The van der Waals surface area contributed by atoms with Gasteiger partial charge in [0.15, 0.2) is 0 Å². The minimum absolute atomic E-state index is 0.674. The summed E-state index contributed by atoms with van der Waals surface area (Å²) < 4.78 is 5.28. The van der Waals surface area contributed by atoms with Gasteiger partial charge < -0.3 is 15.0 Å². The van der Waals surface area contributed by atoms with E-state index in [2.05, 4.69) is 40.2 Å². The molecule has 0 spiro atoms. The number of nitrogens with one attached hydrogen (secondary N) is 1. The fourth-order valence-corrected chi connectivity index (χ4v) is 2.87. The summed E-state index contributed by atoms with van der Waals surface area (Å²) in [6.07, 6.45) is 0. The normalized spacial score (nSPS) is 21.3. The van der Waals surface area contributed by atoms with Crippen molar-refractivity contribution in [1.29, 1.82) is 0 Å². The zero-order valence-corrected chi connectivity index (χ0v) is 11.9. The number of anilines is 2. The molecule has 2 fully saturated rings. The van der Waals surface area contributed by atoms with Crippen LogP contribution in [0.1, 0.15) is 5.56 Å². The van der Waals surface area contributed by atoms with Crippen LogP contribution in [0.2, 0.25) is 0 Å². The van der Waals surface area contributed by atoms with Crippen molar-refractivity contribution in [1.82, 2.24) is 4.90 Å². The van der Waals surface area contributed by atoms with Crippen LogP contribution in [0.3, 0.4) is 0 Å². The minimum Gasteiger partial charge on any atom is -0.388 e. The molecule has 0 saturated carbocycles. The molecule has 0 radical (unpaired) electrons. The van der Waals surface area contributed by atoms with E-state index in [-0.39, 0.29) is 0 Å². The van der Waals surface area contributed by atoms with Crippen molar-refractivity contribution >= 4 is 11.4 Å². The number of hydrogen-bond acceptors (Lipinski definition) is 4. The van der Waals surface area contributed by atoms with Gasteiger partial charge in [-0.15, -0.1) is 0 Å². The van der Waals surface area contributed by atoms with Gasteiger partial charge in [0.25, 0.3) is 0 Å². The first-order chi connectivity index (χ1) is 9.26. The summed E-state index contributed by atoms with van der Waals surface area (Å²) in [5.74, 6) is 0. The lowest BCUT2D eigenvalue weighted by atomic mass is 10.1. The summed E-state index contributed by atoms with van der Waals surface area (Å²) in [5.41, 5.74) is 3.86. The molecule has 0 unspecified atom stereocenters. The summed E-state index contributed by atoms with van der Waals surface area (Å²) in [4.78, 5) is 5.05. The van der Waals surface area contributed by atoms with E-state index in [0.717, 1.165) is 39.4 Å². The Morgan fingerprint density at radius 2 is 1.84 bits per heavy atom. The first kappa shape index (κ1) is 12.8. The van der Waals surface area contributed by atoms with Crippen LogP contribution >= 0.6 is 0 Å². The maximum atomic E-state index is 5.28. The zero-order valence-electron chi connectivity index (χ0n) is 11.9. The number of benzene rings is 1. The van der Waals surface area contributed by atoms with Crippen molar-refractivity contribution in [2.75, 3.05) is 56.7 Å². The maximum Gasteiger partial charge on any atom is 0.0645 e. The molecular weight excluding hydrogens is 238 g/mol. The van der Waals surface area contributed by atoms with Crippen LogP contribution in [0.4, 0.5) is 11.4 Å². The van der Waals surface area contributed by atoms with Gasteiger partial charge in [-0.25, -0.2) is 0 Å². The molecule has 2 aliphatic heterocycles. The second kappa shape index (κ2) is 5.39. The van der Waals surface area contributed by atoms with Gasteiger partial charge in [-0.05, 0) is 30.7 Å². The van der Waals surface area contributed by atoms with E-state index in [0.29, 0.717) is 6.04 Å². The predicted octanol–water partition coefficient (Wildman–Crippen LogP) is 1.56. The fourth-order valence-electron chi connectivity index (χ4n) is 2.87. The van der Waals surface area contributed by atoms with Gasteiger partial charge in [0.1, 0.15) is 0 Å². The van der Waals surface area contributed by atoms with Crippen molar-refractivity contribution < 1.29 is 4.74 Å². The van der Waals surface area contributed by atoms with Gasteiger partial charge in [-0.3, -0.25) is 4.90 Å². The summed E-state index contributed by atoms with van der Waals surface area (Å²) in [5, 5.41) is 3.24.